The first-order valence-electron chi connectivity index (χ1n) is 15.5. The van der Waals surface area contributed by atoms with Gasteiger partial charge in [0.2, 0.25) is 5.82 Å². The molecule has 2 atom stereocenters. The number of hydrogen-bond acceptors (Lipinski definition) is 11. The second-order valence-electron chi connectivity index (χ2n) is 11.6. The molecule has 2 aliphatic rings. The van der Waals surface area contributed by atoms with Gasteiger partial charge in [-0.2, -0.15) is 17.6 Å². The summed E-state index contributed by atoms with van der Waals surface area (Å²) >= 11 is 7.37. The lowest BCUT2D eigenvalue weighted by molar-refractivity contribution is -0.143. The zero-order chi connectivity index (χ0) is 33.7. The number of nitrogens with zero attached hydrogens (tertiary/aromatic N) is 6. The number of carbonyl (C=O) groups is 1. The number of aromatic nitrogens is 3. The Labute approximate surface area is 280 Å². The number of anilines is 3. The third-order valence-electron chi connectivity index (χ3n) is 8.40. The van der Waals surface area contributed by atoms with Crippen LogP contribution in [0.3, 0.4) is 0 Å². The van der Waals surface area contributed by atoms with E-state index < -0.39 is 17.6 Å². The first-order chi connectivity index (χ1) is 22.5. The molecule has 0 unspecified atom stereocenters. The van der Waals surface area contributed by atoms with Crippen LogP contribution in [0.15, 0.2) is 24.5 Å². The van der Waals surface area contributed by atoms with Crippen LogP contribution in [0.1, 0.15) is 43.6 Å². The van der Waals surface area contributed by atoms with E-state index in [-0.39, 0.29) is 45.8 Å². The molecule has 2 fully saturated rings. The number of piperazine rings is 1. The lowest BCUT2D eigenvalue weighted by atomic mass is 10.1. The Morgan fingerprint density at radius 1 is 1.17 bits per heavy atom. The molecule has 10 nitrogen and oxygen atoms in total. The maximum Gasteiger partial charge on any atom is 0.416 e. The molecule has 2 saturated heterocycles. The van der Waals surface area contributed by atoms with Crippen LogP contribution in [0.2, 0.25) is 5.02 Å². The number of alkyl halides is 3. The van der Waals surface area contributed by atoms with Crippen molar-refractivity contribution in [3.63, 3.8) is 0 Å². The summed E-state index contributed by atoms with van der Waals surface area (Å²) in [6.07, 6.45) is -1.04. The van der Waals surface area contributed by atoms with Crippen LogP contribution >= 0.6 is 22.9 Å². The molecule has 0 spiro atoms. The molecular formula is C31H38ClF4N7O3S. The third kappa shape index (κ3) is 8.68. The molecule has 0 aliphatic carbocycles. The summed E-state index contributed by atoms with van der Waals surface area (Å²) in [7, 11) is 1.59. The van der Waals surface area contributed by atoms with Crippen LogP contribution in [0.5, 0.6) is 0 Å². The molecule has 2 aromatic heterocycles. The molecule has 0 amide bonds. The van der Waals surface area contributed by atoms with E-state index in [1.807, 2.05) is 4.90 Å². The summed E-state index contributed by atoms with van der Waals surface area (Å²) in [6.45, 7) is 7.79. The van der Waals surface area contributed by atoms with Crippen molar-refractivity contribution in [3.05, 3.63) is 45.8 Å². The van der Waals surface area contributed by atoms with Gasteiger partial charge in [-0.3, -0.25) is 14.6 Å². The minimum atomic E-state index is -4.59. The van der Waals surface area contributed by atoms with Gasteiger partial charge in [-0.1, -0.05) is 22.9 Å². The van der Waals surface area contributed by atoms with E-state index in [2.05, 4.69) is 37.0 Å². The number of ether oxygens (including phenoxy) is 2. The number of halogens is 5. The summed E-state index contributed by atoms with van der Waals surface area (Å²) in [5, 5.41) is 3.18. The predicted octanol–water partition coefficient (Wildman–Crippen LogP) is 6.23. The third-order valence-corrected chi connectivity index (χ3v) is 9.58. The second-order valence-corrected chi connectivity index (χ2v) is 13.1. The Morgan fingerprint density at radius 3 is 2.68 bits per heavy atom. The van der Waals surface area contributed by atoms with E-state index >= 15 is 4.39 Å². The van der Waals surface area contributed by atoms with Gasteiger partial charge in [0.1, 0.15) is 6.33 Å². The zero-order valence-corrected chi connectivity index (χ0v) is 28.0. The van der Waals surface area contributed by atoms with E-state index in [1.54, 1.807) is 14.0 Å². The van der Waals surface area contributed by atoms with Gasteiger partial charge in [0.25, 0.3) is 0 Å². The SMILES string of the molecule is CCOC(=O)CCN1CCN(c2ncnc(Nc3nc(-c4cc(Cl)cc(C(F)(F)F)c4)c(CN4CCC[C@H]4C)s3)c2F)C[C@H]1COC. The number of likely N-dealkylation sites (tertiary alicyclic amines) is 1. The van der Waals surface area contributed by atoms with Crippen molar-refractivity contribution in [2.24, 2.45) is 0 Å². The molecule has 1 N–H and O–H groups in total. The molecule has 3 aromatic rings. The molecule has 47 heavy (non-hydrogen) atoms. The molecule has 0 saturated carbocycles. The fourth-order valence-corrected chi connectivity index (χ4v) is 7.25. The van der Waals surface area contributed by atoms with Crippen LogP contribution in [0, 0.1) is 5.82 Å². The van der Waals surface area contributed by atoms with Gasteiger partial charge in [-0.15, -0.1) is 0 Å². The van der Waals surface area contributed by atoms with E-state index in [0.717, 1.165) is 36.4 Å². The molecule has 4 heterocycles. The van der Waals surface area contributed by atoms with E-state index in [0.29, 0.717) is 57.7 Å². The number of thiazole rings is 1. The summed E-state index contributed by atoms with van der Waals surface area (Å²) in [4.78, 5) is 31.8. The van der Waals surface area contributed by atoms with E-state index in [9.17, 15) is 18.0 Å². The minimum Gasteiger partial charge on any atom is -0.466 e. The van der Waals surface area contributed by atoms with Gasteiger partial charge >= 0.3 is 12.1 Å². The summed E-state index contributed by atoms with van der Waals surface area (Å²) in [6, 6.07) is 3.56. The van der Waals surface area contributed by atoms with Gasteiger partial charge < -0.3 is 19.7 Å². The number of rotatable bonds is 12. The molecule has 5 rings (SSSR count). The zero-order valence-electron chi connectivity index (χ0n) is 26.4. The first kappa shape index (κ1) is 35.2. The second kappa shape index (κ2) is 15.4. The van der Waals surface area contributed by atoms with Crippen molar-refractivity contribution >= 4 is 45.7 Å². The lowest BCUT2D eigenvalue weighted by Crippen LogP contribution is -2.55. The lowest BCUT2D eigenvalue weighted by Gasteiger charge is -2.41. The Balaban J connectivity index is 1.39. The van der Waals surface area contributed by atoms with Gasteiger partial charge in [0.15, 0.2) is 16.8 Å². The molecule has 1 aromatic carbocycles. The number of benzene rings is 1. The number of nitrogens with one attached hydrogen (secondary N) is 1. The van der Waals surface area contributed by atoms with Crippen molar-refractivity contribution in [1.82, 2.24) is 24.8 Å². The highest BCUT2D eigenvalue weighted by Crippen LogP contribution is 2.39. The molecule has 0 radical (unpaired) electrons. The van der Waals surface area contributed by atoms with Crippen LogP contribution in [-0.4, -0.2) is 95.9 Å². The van der Waals surface area contributed by atoms with Crippen molar-refractivity contribution in [2.75, 3.05) is 63.3 Å². The first-order valence-corrected chi connectivity index (χ1v) is 16.7. The van der Waals surface area contributed by atoms with Crippen molar-refractivity contribution in [3.8, 4) is 11.3 Å². The highest BCUT2D eigenvalue weighted by Gasteiger charge is 2.33. The Morgan fingerprint density at radius 2 is 1.98 bits per heavy atom. The largest absolute Gasteiger partial charge is 0.466 e. The van der Waals surface area contributed by atoms with Crippen molar-refractivity contribution in [1.29, 1.82) is 0 Å². The Bertz CT molecular complexity index is 1550. The van der Waals surface area contributed by atoms with Crippen LogP contribution in [-0.2, 0) is 27.0 Å². The number of methoxy groups -OCH3 is 1. The van der Waals surface area contributed by atoms with E-state index in [1.165, 1.54) is 23.7 Å². The van der Waals surface area contributed by atoms with Crippen molar-refractivity contribution in [2.45, 2.75) is 57.9 Å². The van der Waals surface area contributed by atoms with E-state index in [4.69, 9.17) is 21.1 Å². The van der Waals surface area contributed by atoms with Gasteiger partial charge in [0.05, 0.1) is 36.9 Å². The average Bonchev–Trinajstić information content (AvgIpc) is 3.62. The number of carbonyl (C=O) groups excluding carboxylic acids is 1. The van der Waals surface area contributed by atoms with Gasteiger partial charge in [0, 0.05) is 61.3 Å². The van der Waals surface area contributed by atoms with Crippen LogP contribution < -0.4 is 10.2 Å². The average molecular weight is 700 g/mol. The molecule has 2 aliphatic heterocycles. The maximum atomic E-state index is 16.0. The molecular weight excluding hydrogens is 662 g/mol. The molecule has 0 bridgehead atoms. The molecule has 256 valence electrons. The monoisotopic (exact) mass is 699 g/mol. The topological polar surface area (TPSA) is 96.0 Å². The highest BCUT2D eigenvalue weighted by atomic mass is 35.5. The maximum absolute atomic E-state index is 16.0. The standard InChI is InChI=1S/C31H38ClF4N7O3S/c1-4-46-25(44)7-9-41-10-11-43(15-23(41)17-45-3)29-26(33)28(37-18-38-29)40-30-39-27(24(47-30)16-42-8-5-6-19(42)2)20-12-21(31(34,35)36)14-22(32)13-20/h12-14,18-19,23H,4-11,15-17H2,1-3H3,(H,37,38,39,40)/t19-,23+/m1/s1. The fraction of sp³-hybridized carbons (Fsp3) is 0.548. The summed E-state index contributed by atoms with van der Waals surface area (Å²) in [5.41, 5.74) is -0.298. The summed E-state index contributed by atoms with van der Waals surface area (Å²) < 4.78 is 67.5. The normalized spacial score (nSPS) is 19.4. The van der Waals surface area contributed by atoms with Gasteiger partial charge in [-0.05, 0) is 51.4 Å². The number of hydrogen-bond donors (Lipinski definition) is 1. The number of esters is 1. The Hall–Kier alpha value is -3.11. The summed E-state index contributed by atoms with van der Waals surface area (Å²) in [5.74, 6) is -0.965. The smallest absolute Gasteiger partial charge is 0.416 e. The predicted molar refractivity (Wildman–Crippen MR) is 173 cm³/mol. The highest BCUT2D eigenvalue weighted by molar-refractivity contribution is 7.16. The molecule has 16 heteroatoms. The van der Waals surface area contributed by atoms with Crippen LogP contribution in [0.25, 0.3) is 11.3 Å². The van der Waals surface area contributed by atoms with Crippen molar-refractivity contribution < 1.29 is 31.8 Å². The Kier molecular flexibility index (Phi) is 11.5. The van der Waals surface area contributed by atoms with Crippen LogP contribution in [0.4, 0.5) is 34.3 Å². The quantitative estimate of drug-likeness (QED) is 0.173. The minimum absolute atomic E-state index is 0.0583. The van der Waals surface area contributed by atoms with Gasteiger partial charge in [-0.25, -0.2) is 15.0 Å². The fourth-order valence-electron chi connectivity index (χ4n) is 6.01.